The number of carbonyl (C=O) groups is 1. The molecule has 0 N–H and O–H groups in total. The lowest BCUT2D eigenvalue weighted by Crippen LogP contribution is -2.06. The molecule has 1 rings (SSSR count). The van der Waals surface area contributed by atoms with Gasteiger partial charge in [-0.1, -0.05) is 19.8 Å². The molecule has 0 aliphatic carbocycles. The molecule has 4 heteroatoms. The summed E-state index contributed by atoms with van der Waals surface area (Å²) in [5, 5.41) is 0. The minimum Gasteiger partial charge on any atom is -0.497 e. The maximum Gasteiger partial charge on any atom is 0.373 e. The molecule has 0 amide bonds. The molecule has 0 spiro atoms. The van der Waals surface area contributed by atoms with Gasteiger partial charge in [0, 0.05) is 0 Å². The molecule has 94 valence electrons. The lowest BCUT2D eigenvalue weighted by molar-refractivity contribution is -0.241. The van der Waals surface area contributed by atoms with Crippen molar-refractivity contribution in [2.75, 3.05) is 13.7 Å². The Hall–Kier alpha value is -1.55. The molecule has 4 nitrogen and oxygen atoms in total. The molecule has 0 bridgehead atoms. The summed E-state index contributed by atoms with van der Waals surface area (Å²) in [6.45, 7) is 2.54. The van der Waals surface area contributed by atoms with Crippen molar-refractivity contribution in [1.82, 2.24) is 0 Å². The Morgan fingerprint density at radius 1 is 1.18 bits per heavy atom. The first-order valence-corrected chi connectivity index (χ1v) is 5.75. The van der Waals surface area contributed by atoms with Crippen molar-refractivity contribution in [1.29, 1.82) is 0 Å². The van der Waals surface area contributed by atoms with E-state index in [1.165, 1.54) is 0 Å². The van der Waals surface area contributed by atoms with E-state index in [0.29, 0.717) is 17.9 Å². The predicted molar refractivity (Wildman–Crippen MR) is 63.9 cm³/mol. The highest BCUT2D eigenvalue weighted by Gasteiger charge is 2.07. The summed E-state index contributed by atoms with van der Waals surface area (Å²) in [7, 11) is 1.57. The summed E-state index contributed by atoms with van der Waals surface area (Å²) in [4.78, 5) is 21.0. The van der Waals surface area contributed by atoms with Crippen molar-refractivity contribution in [3.05, 3.63) is 29.8 Å². The number of benzene rings is 1. The topological polar surface area (TPSA) is 44.8 Å². The average molecular weight is 238 g/mol. The maximum atomic E-state index is 11.5. The fourth-order valence-electron chi connectivity index (χ4n) is 1.28. The molecule has 0 atom stereocenters. The van der Waals surface area contributed by atoms with Crippen LogP contribution in [0.15, 0.2) is 24.3 Å². The van der Waals surface area contributed by atoms with Gasteiger partial charge in [0.1, 0.15) is 5.75 Å². The molecule has 0 aliphatic rings. The molecule has 0 fully saturated rings. The first-order valence-electron chi connectivity index (χ1n) is 5.75. The van der Waals surface area contributed by atoms with E-state index < -0.39 is 5.97 Å². The zero-order chi connectivity index (χ0) is 12.5. The zero-order valence-electron chi connectivity index (χ0n) is 10.3. The number of methoxy groups -OCH3 is 1. The van der Waals surface area contributed by atoms with Crippen LogP contribution in [0.25, 0.3) is 0 Å². The second kappa shape index (κ2) is 7.68. The Morgan fingerprint density at radius 3 is 2.47 bits per heavy atom. The normalized spacial score (nSPS) is 10.0. The standard InChI is InChI=1S/C13H18O4/c1-3-4-5-10-16-17-13(14)11-6-8-12(15-2)9-7-11/h6-9H,3-5,10H2,1-2H3. The van der Waals surface area contributed by atoms with Crippen molar-refractivity contribution >= 4 is 5.97 Å². The van der Waals surface area contributed by atoms with Crippen LogP contribution in [0.1, 0.15) is 36.5 Å². The van der Waals surface area contributed by atoms with Gasteiger partial charge in [0.2, 0.25) is 0 Å². The molecule has 0 aliphatic heterocycles. The number of carbonyl (C=O) groups excluding carboxylic acids is 1. The molecule has 0 saturated heterocycles. The van der Waals surface area contributed by atoms with Crippen LogP contribution in [0.3, 0.4) is 0 Å². The van der Waals surface area contributed by atoms with E-state index in [-0.39, 0.29) is 0 Å². The van der Waals surface area contributed by atoms with Gasteiger partial charge >= 0.3 is 5.97 Å². The SMILES string of the molecule is CCCCCOOC(=O)c1ccc(OC)cc1. The molecule has 1 aromatic rings. The summed E-state index contributed by atoms with van der Waals surface area (Å²) < 4.78 is 4.99. The van der Waals surface area contributed by atoms with Gasteiger partial charge in [0.15, 0.2) is 0 Å². The van der Waals surface area contributed by atoms with E-state index in [1.54, 1.807) is 31.4 Å². The summed E-state index contributed by atoms with van der Waals surface area (Å²) in [5.41, 5.74) is 0.446. The molecule has 0 heterocycles. The van der Waals surface area contributed by atoms with Crippen LogP contribution in [0, 0.1) is 0 Å². The zero-order valence-corrected chi connectivity index (χ0v) is 10.3. The fourth-order valence-corrected chi connectivity index (χ4v) is 1.28. The largest absolute Gasteiger partial charge is 0.497 e. The third-order valence-corrected chi connectivity index (χ3v) is 2.29. The van der Waals surface area contributed by atoms with Gasteiger partial charge in [-0.05, 0) is 30.7 Å². The fraction of sp³-hybridized carbons (Fsp3) is 0.462. The Labute approximate surface area is 101 Å². The highest BCUT2D eigenvalue weighted by Crippen LogP contribution is 2.12. The lowest BCUT2D eigenvalue weighted by atomic mass is 10.2. The van der Waals surface area contributed by atoms with E-state index in [0.717, 1.165) is 19.3 Å². The number of rotatable bonds is 7. The first-order chi connectivity index (χ1) is 8.27. The predicted octanol–water partition coefficient (Wildman–Crippen LogP) is 2.97. The van der Waals surface area contributed by atoms with Crippen LogP contribution in [0.2, 0.25) is 0 Å². The van der Waals surface area contributed by atoms with Gasteiger partial charge in [0.05, 0.1) is 19.3 Å². The smallest absolute Gasteiger partial charge is 0.373 e. The summed E-state index contributed by atoms with van der Waals surface area (Å²) in [6.07, 6.45) is 3.07. The molecular formula is C13H18O4. The number of unbranched alkanes of at least 4 members (excludes halogenated alkanes) is 2. The summed E-state index contributed by atoms with van der Waals surface area (Å²) in [6, 6.07) is 6.68. The molecule has 1 aromatic carbocycles. The molecule has 0 radical (unpaired) electrons. The quantitative estimate of drug-likeness (QED) is 0.416. The van der Waals surface area contributed by atoms with E-state index in [2.05, 4.69) is 11.8 Å². The summed E-state index contributed by atoms with van der Waals surface area (Å²) >= 11 is 0. The second-order valence-corrected chi connectivity index (χ2v) is 3.63. The molecule has 17 heavy (non-hydrogen) atoms. The monoisotopic (exact) mass is 238 g/mol. The van der Waals surface area contributed by atoms with Crippen LogP contribution in [0.5, 0.6) is 5.75 Å². The Bertz CT molecular complexity index is 332. The van der Waals surface area contributed by atoms with Crippen LogP contribution >= 0.6 is 0 Å². The molecular weight excluding hydrogens is 220 g/mol. The van der Waals surface area contributed by atoms with Crippen LogP contribution in [-0.2, 0) is 9.78 Å². The minimum atomic E-state index is -0.482. The van der Waals surface area contributed by atoms with E-state index >= 15 is 0 Å². The van der Waals surface area contributed by atoms with E-state index in [9.17, 15) is 4.79 Å². The Morgan fingerprint density at radius 2 is 1.88 bits per heavy atom. The lowest BCUT2D eigenvalue weighted by Gasteiger charge is -2.04. The van der Waals surface area contributed by atoms with Gasteiger partial charge in [-0.2, -0.15) is 4.89 Å². The minimum absolute atomic E-state index is 0.440. The van der Waals surface area contributed by atoms with Crippen LogP contribution in [0.4, 0.5) is 0 Å². The first kappa shape index (κ1) is 13.5. The highest BCUT2D eigenvalue weighted by atomic mass is 17.2. The number of hydrogen-bond donors (Lipinski definition) is 0. The Balaban J connectivity index is 2.31. The van der Waals surface area contributed by atoms with E-state index in [1.807, 2.05) is 0 Å². The third-order valence-electron chi connectivity index (χ3n) is 2.29. The maximum absolute atomic E-state index is 11.5. The average Bonchev–Trinajstić information content (AvgIpc) is 2.38. The van der Waals surface area contributed by atoms with Gasteiger partial charge < -0.3 is 4.74 Å². The van der Waals surface area contributed by atoms with E-state index in [4.69, 9.17) is 9.62 Å². The van der Waals surface area contributed by atoms with Crippen molar-refractivity contribution in [3.8, 4) is 5.75 Å². The molecule has 0 unspecified atom stereocenters. The van der Waals surface area contributed by atoms with Crippen molar-refractivity contribution in [2.24, 2.45) is 0 Å². The molecule has 0 aromatic heterocycles. The number of ether oxygens (including phenoxy) is 1. The highest BCUT2D eigenvalue weighted by molar-refractivity contribution is 5.89. The van der Waals surface area contributed by atoms with Gasteiger partial charge in [-0.15, -0.1) is 0 Å². The van der Waals surface area contributed by atoms with Crippen molar-refractivity contribution in [2.45, 2.75) is 26.2 Å². The summed E-state index contributed by atoms with van der Waals surface area (Å²) in [5.74, 6) is 0.217. The van der Waals surface area contributed by atoms with Gasteiger partial charge in [-0.25, -0.2) is 4.79 Å². The van der Waals surface area contributed by atoms with Crippen LogP contribution < -0.4 is 4.74 Å². The van der Waals surface area contributed by atoms with Crippen LogP contribution in [-0.4, -0.2) is 19.7 Å². The third kappa shape index (κ3) is 4.87. The van der Waals surface area contributed by atoms with Crippen molar-refractivity contribution in [3.63, 3.8) is 0 Å². The molecule has 0 saturated carbocycles. The van der Waals surface area contributed by atoms with Crippen molar-refractivity contribution < 1.29 is 19.3 Å². The second-order valence-electron chi connectivity index (χ2n) is 3.63. The van der Waals surface area contributed by atoms with Gasteiger partial charge in [0.25, 0.3) is 0 Å². The Kier molecular flexibility index (Phi) is 6.10. The number of hydrogen-bond acceptors (Lipinski definition) is 4. The van der Waals surface area contributed by atoms with Gasteiger partial charge in [-0.3, -0.25) is 4.89 Å².